The molecule has 0 aliphatic rings. The molecule has 0 amide bonds. The van der Waals surface area contributed by atoms with E-state index in [-0.39, 0.29) is 5.41 Å². The van der Waals surface area contributed by atoms with Gasteiger partial charge in [-0.3, -0.25) is 4.68 Å². The second-order valence-corrected chi connectivity index (χ2v) is 5.19. The first-order valence-corrected chi connectivity index (χ1v) is 6.22. The molecule has 0 aromatic carbocycles. The lowest BCUT2D eigenvalue weighted by Gasteiger charge is -2.25. The molecule has 1 rings (SSSR count). The van der Waals surface area contributed by atoms with Gasteiger partial charge >= 0.3 is 0 Å². The zero-order valence-corrected chi connectivity index (χ0v) is 11.3. The van der Waals surface area contributed by atoms with Gasteiger partial charge < -0.3 is 5.32 Å². The first-order chi connectivity index (χ1) is 7.52. The SMILES string of the molecule is CCc1cc(CC)n(CC(C)(C)CNC)n1. The molecule has 1 N–H and O–H groups in total. The van der Waals surface area contributed by atoms with Crippen LogP contribution in [-0.4, -0.2) is 23.4 Å². The summed E-state index contributed by atoms with van der Waals surface area (Å²) in [7, 11) is 2.00. The van der Waals surface area contributed by atoms with Gasteiger partial charge in [0.1, 0.15) is 0 Å². The molecule has 16 heavy (non-hydrogen) atoms. The Labute approximate surface area is 99.2 Å². The van der Waals surface area contributed by atoms with E-state index in [4.69, 9.17) is 0 Å². The van der Waals surface area contributed by atoms with E-state index in [0.29, 0.717) is 0 Å². The van der Waals surface area contributed by atoms with Crippen LogP contribution in [0.5, 0.6) is 0 Å². The highest BCUT2D eigenvalue weighted by molar-refractivity contribution is 5.10. The minimum absolute atomic E-state index is 0.246. The van der Waals surface area contributed by atoms with Crippen molar-refractivity contribution < 1.29 is 0 Å². The molecule has 0 aliphatic carbocycles. The van der Waals surface area contributed by atoms with Crippen LogP contribution >= 0.6 is 0 Å². The fourth-order valence-electron chi connectivity index (χ4n) is 2.05. The lowest BCUT2D eigenvalue weighted by Crippen LogP contribution is -2.32. The van der Waals surface area contributed by atoms with Crippen molar-refractivity contribution in [3.8, 4) is 0 Å². The van der Waals surface area contributed by atoms with Crippen molar-refractivity contribution in [3.05, 3.63) is 17.5 Å². The molecule has 3 nitrogen and oxygen atoms in total. The summed E-state index contributed by atoms with van der Waals surface area (Å²) in [6.45, 7) is 10.9. The number of rotatable bonds is 6. The molecule has 0 unspecified atom stereocenters. The molecular weight excluding hydrogens is 198 g/mol. The first kappa shape index (κ1) is 13.2. The van der Waals surface area contributed by atoms with Crippen molar-refractivity contribution in [2.24, 2.45) is 5.41 Å². The third kappa shape index (κ3) is 3.34. The largest absolute Gasteiger partial charge is 0.319 e. The maximum atomic E-state index is 4.66. The Hall–Kier alpha value is -0.830. The topological polar surface area (TPSA) is 29.9 Å². The van der Waals surface area contributed by atoms with Gasteiger partial charge in [0.15, 0.2) is 0 Å². The highest BCUT2D eigenvalue weighted by Crippen LogP contribution is 2.18. The molecule has 0 fully saturated rings. The van der Waals surface area contributed by atoms with Crippen molar-refractivity contribution in [1.82, 2.24) is 15.1 Å². The Morgan fingerprint density at radius 3 is 2.50 bits per heavy atom. The van der Waals surface area contributed by atoms with Crippen LogP contribution in [0, 0.1) is 5.41 Å². The number of hydrogen-bond acceptors (Lipinski definition) is 2. The van der Waals surface area contributed by atoms with Crippen LogP contribution in [0.3, 0.4) is 0 Å². The van der Waals surface area contributed by atoms with Crippen LogP contribution in [0.15, 0.2) is 6.07 Å². The molecule has 92 valence electrons. The zero-order chi connectivity index (χ0) is 12.2. The molecule has 0 radical (unpaired) electrons. The summed E-state index contributed by atoms with van der Waals surface area (Å²) in [5, 5.41) is 7.90. The predicted octanol–water partition coefficient (Wildman–Crippen LogP) is 2.25. The van der Waals surface area contributed by atoms with E-state index >= 15 is 0 Å². The van der Waals surface area contributed by atoms with Crippen LogP contribution in [0.25, 0.3) is 0 Å². The Bertz CT molecular complexity index is 326. The lowest BCUT2D eigenvalue weighted by molar-refractivity contribution is 0.279. The number of nitrogens with zero attached hydrogens (tertiary/aromatic N) is 2. The summed E-state index contributed by atoms with van der Waals surface area (Å²) in [4.78, 5) is 0. The number of hydrogen-bond donors (Lipinski definition) is 1. The van der Waals surface area contributed by atoms with Crippen LogP contribution in [0.4, 0.5) is 0 Å². The quantitative estimate of drug-likeness (QED) is 0.801. The van der Waals surface area contributed by atoms with Crippen molar-refractivity contribution >= 4 is 0 Å². The van der Waals surface area contributed by atoms with E-state index in [1.807, 2.05) is 7.05 Å². The molecule has 0 saturated heterocycles. The Kier molecular flexibility index (Phi) is 4.54. The van der Waals surface area contributed by atoms with Crippen molar-refractivity contribution in [2.45, 2.75) is 47.1 Å². The molecule has 1 aromatic heterocycles. The van der Waals surface area contributed by atoms with Gasteiger partial charge in [0.2, 0.25) is 0 Å². The zero-order valence-electron chi connectivity index (χ0n) is 11.3. The van der Waals surface area contributed by atoms with Gasteiger partial charge in [-0.25, -0.2) is 0 Å². The Balaban J connectivity index is 2.82. The predicted molar refractivity (Wildman–Crippen MR) is 68.7 cm³/mol. The Morgan fingerprint density at radius 1 is 1.31 bits per heavy atom. The summed E-state index contributed by atoms with van der Waals surface area (Å²) in [6, 6.07) is 2.23. The second-order valence-electron chi connectivity index (χ2n) is 5.19. The van der Waals surface area contributed by atoms with Crippen molar-refractivity contribution in [1.29, 1.82) is 0 Å². The maximum absolute atomic E-state index is 4.66. The van der Waals surface area contributed by atoms with Crippen LogP contribution in [0.1, 0.15) is 39.1 Å². The summed E-state index contributed by atoms with van der Waals surface area (Å²) in [5.41, 5.74) is 2.80. The van der Waals surface area contributed by atoms with E-state index in [9.17, 15) is 0 Å². The number of aromatic nitrogens is 2. The van der Waals surface area contributed by atoms with Crippen LogP contribution < -0.4 is 5.32 Å². The molecule has 3 heteroatoms. The Morgan fingerprint density at radius 2 is 2.00 bits per heavy atom. The third-order valence-electron chi connectivity index (χ3n) is 2.87. The molecule has 0 saturated carbocycles. The number of nitrogens with one attached hydrogen (secondary N) is 1. The molecule has 0 spiro atoms. The third-order valence-corrected chi connectivity index (χ3v) is 2.87. The maximum Gasteiger partial charge on any atom is 0.0624 e. The monoisotopic (exact) mass is 223 g/mol. The van der Waals surface area contributed by atoms with Gasteiger partial charge in [-0.2, -0.15) is 5.10 Å². The van der Waals surface area contributed by atoms with Gasteiger partial charge in [-0.15, -0.1) is 0 Å². The summed E-state index contributed by atoms with van der Waals surface area (Å²) in [5.74, 6) is 0. The standard InChI is InChI=1S/C13H25N3/c1-6-11-8-12(7-2)16(15-11)10-13(3,4)9-14-5/h8,14H,6-7,9-10H2,1-5H3. The van der Waals surface area contributed by atoms with Crippen molar-refractivity contribution in [2.75, 3.05) is 13.6 Å². The number of aryl methyl sites for hydroxylation is 2. The summed E-state index contributed by atoms with van der Waals surface area (Å²) >= 11 is 0. The smallest absolute Gasteiger partial charge is 0.0624 e. The van der Waals surface area contributed by atoms with Crippen LogP contribution in [-0.2, 0) is 19.4 Å². The highest BCUT2D eigenvalue weighted by Gasteiger charge is 2.19. The van der Waals surface area contributed by atoms with Gasteiger partial charge in [-0.1, -0.05) is 27.7 Å². The van der Waals surface area contributed by atoms with E-state index in [1.165, 1.54) is 11.4 Å². The molecule has 0 atom stereocenters. The molecule has 0 aliphatic heterocycles. The summed E-state index contributed by atoms with van der Waals surface area (Å²) in [6.07, 6.45) is 2.08. The molecule has 1 aromatic rings. The summed E-state index contributed by atoms with van der Waals surface area (Å²) < 4.78 is 2.18. The van der Waals surface area contributed by atoms with E-state index < -0.39 is 0 Å². The minimum atomic E-state index is 0.246. The average Bonchev–Trinajstić information content (AvgIpc) is 2.59. The van der Waals surface area contributed by atoms with Gasteiger partial charge in [-0.05, 0) is 31.4 Å². The average molecular weight is 223 g/mol. The molecule has 0 bridgehead atoms. The normalized spacial score (nSPS) is 12.1. The first-order valence-electron chi connectivity index (χ1n) is 6.22. The van der Waals surface area contributed by atoms with Gasteiger partial charge in [0, 0.05) is 18.8 Å². The highest BCUT2D eigenvalue weighted by atomic mass is 15.3. The van der Waals surface area contributed by atoms with Crippen molar-refractivity contribution in [3.63, 3.8) is 0 Å². The molecule has 1 heterocycles. The van der Waals surface area contributed by atoms with Gasteiger partial charge in [0.25, 0.3) is 0 Å². The molecular formula is C13H25N3. The van der Waals surface area contributed by atoms with E-state index in [1.54, 1.807) is 0 Å². The second kappa shape index (κ2) is 5.48. The fourth-order valence-corrected chi connectivity index (χ4v) is 2.05. The minimum Gasteiger partial charge on any atom is -0.319 e. The fraction of sp³-hybridized carbons (Fsp3) is 0.769. The van der Waals surface area contributed by atoms with E-state index in [0.717, 1.165) is 25.9 Å². The van der Waals surface area contributed by atoms with Crippen LogP contribution in [0.2, 0.25) is 0 Å². The van der Waals surface area contributed by atoms with Gasteiger partial charge in [0.05, 0.1) is 5.69 Å². The lowest BCUT2D eigenvalue weighted by atomic mass is 9.93. The van der Waals surface area contributed by atoms with E-state index in [2.05, 4.69) is 48.9 Å².